The Morgan fingerprint density at radius 3 is 2.58 bits per heavy atom. The smallest absolute Gasteiger partial charge is 0.356 e. The maximum Gasteiger partial charge on any atom is 0.356 e. The quantitative estimate of drug-likeness (QED) is 0.226. The number of esters is 1. The number of oxime groups is 1. The topological polar surface area (TPSA) is 58.9 Å². The molecule has 0 aliphatic rings. The van der Waals surface area contributed by atoms with E-state index < -0.39 is 5.97 Å². The molecule has 0 atom stereocenters. The van der Waals surface area contributed by atoms with Crippen LogP contribution in [-0.4, -0.2) is 23.5 Å². The monoisotopic (exact) mass is 173 g/mol. The summed E-state index contributed by atoms with van der Waals surface area (Å²) in [6.45, 7) is 4.14. The Labute approximate surface area is 72.2 Å². The predicted octanol–water partition coefficient (Wildman–Crippen LogP) is 1.57. The second-order valence-corrected chi connectivity index (χ2v) is 2.39. The van der Waals surface area contributed by atoms with Crippen molar-refractivity contribution in [3.8, 4) is 0 Å². The van der Waals surface area contributed by atoms with Gasteiger partial charge in [0.1, 0.15) is 0 Å². The Bertz CT molecular complexity index is 166. The standard InChI is InChI=1S/C8H15NO3/c1-3-5-6-12-8(10)7(4-2)9-11/h11H,3-6H2,1-2H3. The lowest BCUT2D eigenvalue weighted by molar-refractivity contribution is -0.135. The zero-order valence-corrected chi connectivity index (χ0v) is 7.54. The third kappa shape index (κ3) is 3.95. The molecule has 1 N–H and O–H groups in total. The van der Waals surface area contributed by atoms with Crippen LogP contribution in [0.3, 0.4) is 0 Å². The van der Waals surface area contributed by atoms with E-state index in [1.54, 1.807) is 6.92 Å². The van der Waals surface area contributed by atoms with Crippen LogP contribution in [0.4, 0.5) is 0 Å². The van der Waals surface area contributed by atoms with E-state index in [2.05, 4.69) is 5.16 Å². The number of hydrogen-bond donors (Lipinski definition) is 1. The summed E-state index contributed by atoms with van der Waals surface area (Å²) < 4.78 is 4.80. The molecule has 0 spiro atoms. The van der Waals surface area contributed by atoms with Gasteiger partial charge in [0.05, 0.1) is 6.61 Å². The van der Waals surface area contributed by atoms with Crippen molar-refractivity contribution in [3.05, 3.63) is 0 Å². The van der Waals surface area contributed by atoms with Gasteiger partial charge >= 0.3 is 5.97 Å². The number of carbonyl (C=O) groups excluding carboxylic acids is 1. The van der Waals surface area contributed by atoms with Crippen LogP contribution in [0.1, 0.15) is 33.1 Å². The molecule has 0 saturated heterocycles. The zero-order valence-electron chi connectivity index (χ0n) is 7.54. The van der Waals surface area contributed by atoms with Gasteiger partial charge in [-0.2, -0.15) is 0 Å². The average molecular weight is 173 g/mol. The summed E-state index contributed by atoms with van der Waals surface area (Å²) in [5.41, 5.74) is 0.0751. The number of hydrogen-bond acceptors (Lipinski definition) is 4. The zero-order chi connectivity index (χ0) is 9.40. The third-order valence-corrected chi connectivity index (χ3v) is 1.42. The van der Waals surface area contributed by atoms with E-state index in [9.17, 15) is 4.79 Å². The number of ether oxygens (including phenoxy) is 1. The lowest BCUT2D eigenvalue weighted by Gasteiger charge is -2.02. The fraction of sp³-hybridized carbons (Fsp3) is 0.750. The van der Waals surface area contributed by atoms with Gasteiger partial charge in [0.25, 0.3) is 0 Å². The number of nitrogens with zero attached hydrogens (tertiary/aromatic N) is 1. The fourth-order valence-electron chi connectivity index (χ4n) is 0.648. The Morgan fingerprint density at radius 2 is 2.17 bits per heavy atom. The SMILES string of the molecule is CCCCOC(=O)C(CC)=NO. The molecular formula is C8H15NO3. The minimum atomic E-state index is -0.520. The molecule has 0 aromatic rings. The van der Waals surface area contributed by atoms with Crippen LogP contribution in [0.5, 0.6) is 0 Å². The van der Waals surface area contributed by atoms with Crippen molar-refractivity contribution in [1.29, 1.82) is 0 Å². The maximum absolute atomic E-state index is 11.0. The van der Waals surface area contributed by atoms with Gasteiger partial charge in [-0.15, -0.1) is 0 Å². The molecule has 0 aliphatic heterocycles. The summed E-state index contributed by atoms with van der Waals surface area (Å²) in [6.07, 6.45) is 2.21. The second-order valence-electron chi connectivity index (χ2n) is 2.39. The summed E-state index contributed by atoms with van der Waals surface area (Å²) in [7, 11) is 0. The Hall–Kier alpha value is -1.06. The van der Waals surface area contributed by atoms with Crippen molar-refractivity contribution >= 4 is 11.7 Å². The van der Waals surface area contributed by atoms with E-state index in [-0.39, 0.29) is 5.71 Å². The van der Waals surface area contributed by atoms with Gasteiger partial charge in [-0.3, -0.25) is 0 Å². The van der Waals surface area contributed by atoms with Crippen LogP contribution in [-0.2, 0) is 9.53 Å². The van der Waals surface area contributed by atoms with Gasteiger partial charge in [-0.05, 0) is 12.8 Å². The molecule has 0 unspecified atom stereocenters. The molecule has 0 aromatic carbocycles. The highest BCUT2D eigenvalue weighted by Gasteiger charge is 2.10. The first kappa shape index (κ1) is 10.9. The minimum Gasteiger partial charge on any atom is -0.461 e. The molecular weight excluding hydrogens is 158 g/mol. The van der Waals surface area contributed by atoms with Crippen molar-refractivity contribution in [2.45, 2.75) is 33.1 Å². The average Bonchev–Trinajstić information content (AvgIpc) is 2.07. The molecule has 0 radical (unpaired) electrons. The molecule has 70 valence electrons. The summed E-state index contributed by atoms with van der Waals surface area (Å²) in [5.74, 6) is -0.520. The molecule has 0 aliphatic carbocycles. The summed E-state index contributed by atoms with van der Waals surface area (Å²) in [4.78, 5) is 11.0. The van der Waals surface area contributed by atoms with Gasteiger partial charge in [-0.1, -0.05) is 25.4 Å². The van der Waals surface area contributed by atoms with Gasteiger partial charge < -0.3 is 9.94 Å². The van der Waals surface area contributed by atoms with Gasteiger partial charge in [0.2, 0.25) is 0 Å². The molecule has 0 heterocycles. The van der Waals surface area contributed by atoms with Crippen molar-refractivity contribution in [2.24, 2.45) is 5.16 Å². The number of rotatable bonds is 5. The van der Waals surface area contributed by atoms with Crippen LogP contribution in [0.2, 0.25) is 0 Å². The summed E-state index contributed by atoms with van der Waals surface area (Å²) in [6, 6.07) is 0. The van der Waals surface area contributed by atoms with Gasteiger partial charge in [-0.25, -0.2) is 4.79 Å². The normalized spacial score (nSPS) is 11.3. The van der Waals surface area contributed by atoms with E-state index in [1.807, 2.05) is 6.92 Å². The van der Waals surface area contributed by atoms with E-state index in [0.717, 1.165) is 12.8 Å². The van der Waals surface area contributed by atoms with Crippen LogP contribution in [0, 0.1) is 0 Å². The lowest BCUT2D eigenvalue weighted by atomic mass is 10.3. The van der Waals surface area contributed by atoms with E-state index in [4.69, 9.17) is 9.94 Å². The summed E-state index contributed by atoms with van der Waals surface area (Å²) in [5, 5.41) is 11.2. The highest BCUT2D eigenvalue weighted by Crippen LogP contribution is 1.93. The van der Waals surface area contributed by atoms with Crippen molar-refractivity contribution < 1.29 is 14.7 Å². The van der Waals surface area contributed by atoms with Gasteiger partial charge in [0.15, 0.2) is 5.71 Å². The molecule has 0 aromatic heterocycles. The van der Waals surface area contributed by atoms with Crippen LogP contribution >= 0.6 is 0 Å². The Kier molecular flexibility index (Phi) is 6.05. The minimum absolute atomic E-state index is 0.0751. The van der Waals surface area contributed by atoms with Crippen molar-refractivity contribution in [2.75, 3.05) is 6.61 Å². The molecule has 4 heteroatoms. The van der Waals surface area contributed by atoms with Crippen LogP contribution in [0.15, 0.2) is 5.16 Å². The summed E-state index contributed by atoms with van der Waals surface area (Å²) >= 11 is 0. The van der Waals surface area contributed by atoms with E-state index >= 15 is 0 Å². The number of unbranched alkanes of at least 4 members (excludes halogenated alkanes) is 1. The van der Waals surface area contributed by atoms with E-state index in [0.29, 0.717) is 13.0 Å². The first-order valence-electron chi connectivity index (χ1n) is 4.14. The Morgan fingerprint density at radius 1 is 1.50 bits per heavy atom. The van der Waals surface area contributed by atoms with Gasteiger partial charge in [0, 0.05) is 0 Å². The third-order valence-electron chi connectivity index (χ3n) is 1.42. The number of carbonyl (C=O) groups is 1. The fourth-order valence-corrected chi connectivity index (χ4v) is 0.648. The van der Waals surface area contributed by atoms with Crippen molar-refractivity contribution in [3.63, 3.8) is 0 Å². The first-order chi connectivity index (χ1) is 5.76. The van der Waals surface area contributed by atoms with Crippen LogP contribution < -0.4 is 0 Å². The maximum atomic E-state index is 11.0. The van der Waals surface area contributed by atoms with Crippen LogP contribution in [0.25, 0.3) is 0 Å². The Balaban J connectivity index is 3.71. The largest absolute Gasteiger partial charge is 0.461 e. The first-order valence-corrected chi connectivity index (χ1v) is 4.14. The molecule has 0 fully saturated rings. The molecule has 4 nitrogen and oxygen atoms in total. The molecule has 0 amide bonds. The highest BCUT2D eigenvalue weighted by atomic mass is 16.5. The second kappa shape index (κ2) is 6.64. The predicted molar refractivity (Wildman–Crippen MR) is 45.4 cm³/mol. The molecule has 0 rings (SSSR count). The van der Waals surface area contributed by atoms with Crippen molar-refractivity contribution in [1.82, 2.24) is 0 Å². The highest BCUT2D eigenvalue weighted by molar-refractivity contribution is 6.36. The molecule has 0 saturated carbocycles. The lowest BCUT2D eigenvalue weighted by Crippen LogP contribution is -2.17. The van der Waals surface area contributed by atoms with E-state index in [1.165, 1.54) is 0 Å². The molecule has 12 heavy (non-hydrogen) atoms. The molecule has 0 bridgehead atoms.